The van der Waals surface area contributed by atoms with Crippen LogP contribution >= 0.6 is 0 Å². The van der Waals surface area contributed by atoms with E-state index in [1.807, 2.05) is 25.1 Å². The van der Waals surface area contributed by atoms with Crippen LogP contribution in [-0.2, 0) is 4.79 Å². The monoisotopic (exact) mass is 261 g/mol. The lowest BCUT2D eigenvalue weighted by atomic mass is 10.1. The SMILES string of the molecule is CNc1cc(C)ccc1C(=O)NCC1CCC(=O)N1. The van der Waals surface area contributed by atoms with E-state index in [0.29, 0.717) is 18.5 Å². The van der Waals surface area contributed by atoms with Gasteiger partial charge in [-0.15, -0.1) is 0 Å². The Bertz CT molecular complexity index is 499. The average Bonchev–Trinajstić information content (AvgIpc) is 2.81. The highest BCUT2D eigenvalue weighted by atomic mass is 16.2. The van der Waals surface area contributed by atoms with Gasteiger partial charge in [-0.05, 0) is 31.0 Å². The van der Waals surface area contributed by atoms with Crippen molar-refractivity contribution >= 4 is 17.5 Å². The fourth-order valence-corrected chi connectivity index (χ4v) is 2.20. The Kier molecular flexibility index (Phi) is 4.04. The highest BCUT2D eigenvalue weighted by Crippen LogP contribution is 2.17. The fraction of sp³-hybridized carbons (Fsp3) is 0.429. The lowest BCUT2D eigenvalue weighted by Crippen LogP contribution is -2.38. The molecule has 3 N–H and O–H groups in total. The molecule has 1 unspecified atom stereocenters. The Morgan fingerprint density at radius 3 is 2.89 bits per heavy atom. The molecule has 1 aliphatic rings. The van der Waals surface area contributed by atoms with Crippen LogP contribution in [0.5, 0.6) is 0 Å². The molecule has 1 saturated heterocycles. The minimum atomic E-state index is -0.120. The van der Waals surface area contributed by atoms with E-state index in [2.05, 4.69) is 16.0 Å². The predicted molar refractivity (Wildman–Crippen MR) is 74.2 cm³/mol. The summed E-state index contributed by atoms with van der Waals surface area (Å²) in [6.07, 6.45) is 1.33. The first-order chi connectivity index (χ1) is 9.10. The second-order valence-electron chi connectivity index (χ2n) is 4.81. The number of benzene rings is 1. The second-order valence-corrected chi connectivity index (χ2v) is 4.81. The van der Waals surface area contributed by atoms with Gasteiger partial charge in [0.15, 0.2) is 0 Å². The van der Waals surface area contributed by atoms with Crippen LogP contribution in [0, 0.1) is 6.92 Å². The van der Waals surface area contributed by atoms with E-state index in [9.17, 15) is 9.59 Å². The smallest absolute Gasteiger partial charge is 0.253 e. The zero-order valence-corrected chi connectivity index (χ0v) is 11.2. The number of rotatable bonds is 4. The molecular formula is C14H19N3O2. The van der Waals surface area contributed by atoms with Gasteiger partial charge in [0.2, 0.25) is 5.91 Å². The summed E-state index contributed by atoms with van der Waals surface area (Å²) in [7, 11) is 1.79. The Morgan fingerprint density at radius 2 is 2.26 bits per heavy atom. The van der Waals surface area contributed by atoms with E-state index in [-0.39, 0.29) is 17.9 Å². The van der Waals surface area contributed by atoms with Gasteiger partial charge in [-0.25, -0.2) is 0 Å². The van der Waals surface area contributed by atoms with E-state index in [1.165, 1.54) is 0 Å². The van der Waals surface area contributed by atoms with Gasteiger partial charge in [-0.1, -0.05) is 6.07 Å². The number of hydrogen-bond donors (Lipinski definition) is 3. The number of nitrogens with one attached hydrogen (secondary N) is 3. The van der Waals surface area contributed by atoms with Gasteiger partial charge in [-0.2, -0.15) is 0 Å². The number of amides is 2. The molecule has 19 heavy (non-hydrogen) atoms. The topological polar surface area (TPSA) is 70.2 Å². The van der Waals surface area contributed by atoms with E-state index in [1.54, 1.807) is 7.05 Å². The van der Waals surface area contributed by atoms with Gasteiger partial charge < -0.3 is 16.0 Å². The summed E-state index contributed by atoms with van der Waals surface area (Å²) in [4.78, 5) is 23.2. The summed E-state index contributed by atoms with van der Waals surface area (Å²) >= 11 is 0. The van der Waals surface area contributed by atoms with Crippen molar-refractivity contribution in [2.75, 3.05) is 18.9 Å². The molecule has 102 valence electrons. The van der Waals surface area contributed by atoms with Crippen molar-refractivity contribution in [3.8, 4) is 0 Å². The molecule has 0 saturated carbocycles. The van der Waals surface area contributed by atoms with E-state index in [0.717, 1.165) is 17.7 Å². The van der Waals surface area contributed by atoms with Crippen molar-refractivity contribution in [1.82, 2.24) is 10.6 Å². The van der Waals surface area contributed by atoms with Gasteiger partial charge in [0.25, 0.3) is 5.91 Å². The van der Waals surface area contributed by atoms with E-state index in [4.69, 9.17) is 0 Å². The fourth-order valence-electron chi connectivity index (χ4n) is 2.20. The first kappa shape index (κ1) is 13.4. The zero-order chi connectivity index (χ0) is 13.8. The molecule has 1 heterocycles. The van der Waals surface area contributed by atoms with Gasteiger partial charge >= 0.3 is 0 Å². The minimum Gasteiger partial charge on any atom is -0.387 e. The van der Waals surface area contributed by atoms with Gasteiger partial charge in [0.1, 0.15) is 0 Å². The summed E-state index contributed by atoms with van der Waals surface area (Å²) in [5.41, 5.74) is 2.54. The normalized spacial score (nSPS) is 18.0. The molecular weight excluding hydrogens is 242 g/mol. The minimum absolute atomic E-state index is 0.0555. The van der Waals surface area contributed by atoms with Crippen molar-refractivity contribution in [3.63, 3.8) is 0 Å². The summed E-state index contributed by atoms with van der Waals surface area (Å²) in [5.74, 6) is -0.0593. The van der Waals surface area contributed by atoms with Gasteiger partial charge in [0.05, 0.1) is 5.56 Å². The molecule has 2 amide bonds. The number of hydrogen-bond acceptors (Lipinski definition) is 3. The lowest BCUT2D eigenvalue weighted by molar-refractivity contribution is -0.119. The molecule has 5 nitrogen and oxygen atoms in total. The van der Waals surface area contributed by atoms with Crippen molar-refractivity contribution in [2.45, 2.75) is 25.8 Å². The lowest BCUT2D eigenvalue weighted by Gasteiger charge is -2.13. The number of carbonyl (C=O) groups is 2. The van der Waals surface area contributed by atoms with Crippen LogP contribution in [-0.4, -0.2) is 31.4 Å². The van der Waals surface area contributed by atoms with Crippen LogP contribution in [0.3, 0.4) is 0 Å². The predicted octanol–water partition coefficient (Wildman–Crippen LogP) is 1.05. The number of aryl methyl sites for hydroxylation is 1. The van der Waals surface area contributed by atoms with Crippen LogP contribution in [0.25, 0.3) is 0 Å². The summed E-state index contributed by atoms with van der Waals surface area (Å²) in [6, 6.07) is 5.71. The first-order valence-corrected chi connectivity index (χ1v) is 6.46. The maximum Gasteiger partial charge on any atom is 0.253 e. The quantitative estimate of drug-likeness (QED) is 0.758. The van der Waals surface area contributed by atoms with E-state index < -0.39 is 0 Å². The maximum absolute atomic E-state index is 12.1. The number of anilines is 1. The summed E-state index contributed by atoms with van der Waals surface area (Å²) in [6.45, 7) is 2.46. The molecule has 0 radical (unpaired) electrons. The second kappa shape index (κ2) is 5.73. The zero-order valence-electron chi connectivity index (χ0n) is 11.2. The van der Waals surface area contributed by atoms with Gasteiger partial charge in [-0.3, -0.25) is 9.59 Å². The largest absolute Gasteiger partial charge is 0.387 e. The molecule has 1 aromatic carbocycles. The van der Waals surface area contributed by atoms with Crippen molar-refractivity contribution in [2.24, 2.45) is 0 Å². The molecule has 0 aromatic heterocycles. The van der Waals surface area contributed by atoms with Crippen molar-refractivity contribution in [1.29, 1.82) is 0 Å². The summed E-state index contributed by atoms with van der Waals surface area (Å²) in [5, 5.41) is 8.71. The first-order valence-electron chi connectivity index (χ1n) is 6.46. The molecule has 2 rings (SSSR count). The molecule has 5 heteroatoms. The third-order valence-electron chi connectivity index (χ3n) is 3.28. The van der Waals surface area contributed by atoms with Crippen LogP contribution in [0.15, 0.2) is 18.2 Å². The Balaban J connectivity index is 1.98. The highest BCUT2D eigenvalue weighted by molar-refractivity contribution is 5.99. The van der Waals surface area contributed by atoms with Crippen LogP contribution in [0.2, 0.25) is 0 Å². The molecule has 1 fully saturated rings. The third kappa shape index (κ3) is 3.24. The van der Waals surface area contributed by atoms with Crippen molar-refractivity contribution < 1.29 is 9.59 Å². The van der Waals surface area contributed by atoms with Crippen LogP contribution in [0.4, 0.5) is 5.69 Å². The third-order valence-corrected chi connectivity index (χ3v) is 3.28. The molecule has 0 aliphatic carbocycles. The molecule has 1 aliphatic heterocycles. The Labute approximate surface area is 112 Å². The van der Waals surface area contributed by atoms with E-state index >= 15 is 0 Å². The Morgan fingerprint density at radius 1 is 1.47 bits per heavy atom. The van der Waals surface area contributed by atoms with Crippen molar-refractivity contribution in [3.05, 3.63) is 29.3 Å². The van der Waals surface area contributed by atoms with Crippen LogP contribution in [0.1, 0.15) is 28.8 Å². The average molecular weight is 261 g/mol. The molecule has 1 aromatic rings. The molecule has 0 spiro atoms. The molecule has 0 bridgehead atoms. The summed E-state index contributed by atoms with van der Waals surface area (Å²) < 4.78 is 0. The van der Waals surface area contributed by atoms with Gasteiger partial charge in [0, 0.05) is 31.7 Å². The maximum atomic E-state index is 12.1. The van der Waals surface area contributed by atoms with Crippen LogP contribution < -0.4 is 16.0 Å². The number of carbonyl (C=O) groups excluding carboxylic acids is 2. The standard InChI is InChI=1S/C14H19N3O2/c1-9-3-5-11(12(7-9)15-2)14(19)16-8-10-4-6-13(18)17-10/h3,5,7,10,15H,4,6,8H2,1-2H3,(H,16,19)(H,17,18). The molecule has 1 atom stereocenters. The highest BCUT2D eigenvalue weighted by Gasteiger charge is 2.21. The Hall–Kier alpha value is -2.04.